The molecule has 0 aliphatic heterocycles. The lowest BCUT2D eigenvalue weighted by Gasteiger charge is -2.48. The second-order valence-electron chi connectivity index (χ2n) is 9.76. The highest BCUT2D eigenvalue weighted by molar-refractivity contribution is 6.82. The molecular weight excluding hydrogens is 372 g/mol. The Morgan fingerprint density at radius 2 is 1.34 bits per heavy atom. The van der Waals surface area contributed by atoms with Gasteiger partial charge in [0.05, 0.1) is 33.5 Å². The molecule has 0 radical (unpaired) electrons. The third-order valence-corrected chi connectivity index (χ3v) is 12.8. The molecule has 3 heteroatoms. The van der Waals surface area contributed by atoms with E-state index in [4.69, 9.17) is 9.47 Å². The summed E-state index contributed by atoms with van der Waals surface area (Å²) in [6.45, 7) is 13.4. The summed E-state index contributed by atoms with van der Waals surface area (Å²) in [6.07, 6.45) is 5.84. The van der Waals surface area contributed by atoms with E-state index < -0.39 is 8.07 Å². The Morgan fingerprint density at radius 1 is 0.828 bits per heavy atom. The van der Waals surface area contributed by atoms with E-state index in [9.17, 15) is 0 Å². The van der Waals surface area contributed by atoms with Gasteiger partial charge in [0.1, 0.15) is 0 Å². The van der Waals surface area contributed by atoms with Crippen molar-refractivity contribution in [2.45, 2.75) is 76.3 Å². The Labute approximate surface area is 178 Å². The maximum absolute atomic E-state index is 6.62. The minimum Gasteiger partial charge on any atom is -0.371 e. The van der Waals surface area contributed by atoms with Crippen LogP contribution in [0.5, 0.6) is 0 Å². The van der Waals surface area contributed by atoms with Crippen molar-refractivity contribution in [3.05, 3.63) is 83.9 Å². The van der Waals surface area contributed by atoms with Gasteiger partial charge in [-0.25, -0.2) is 0 Å². The maximum Gasteiger partial charge on any atom is 0.0883 e. The van der Waals surface area contributed by atoms with Gasteiger partial charge in [0.25, 0.3) is 0 Å². The fourth-order valence-electron chi connectivity index (χ4n) is 3.90. The zero-order valence-corrected chi connectivity index (χ0v) is 19.6. The number of hydrogen-bond donors (Lipinski definition) is 0. The molecule has 0 aromatic heterocycles. The first-order valence-corrected chi connectivity index (χ1v) is 13.8. The van der Waals surface area contributed by atoms with Gasteiger partial charge in [0.15, 0.2) is 0 Å². The van der Waals surface area contributed by atoms with Crippen LogP contribution in [0, 0.1) is 0 Å². The predicted octanol–water partition coefficient (Wildman–Crippen LogP) is 7.00. The molecule has 0 spiro atoms. The van der Waals surface area contributed by atoms with Crippen LogP contribution in [0.1, 0.15) is 38.3 Å². The molecule has 3 rings (SSSR count). The van der Waals surface area contributed by atoms with Crippen molar-refractivity contribution >= 4 is 8.07 Å². The molecule has 0 saturated carbocycles. The van der Waals surface area contributed by atoms with Crippen LogP contribution in [-0.2, 0) is 22.7 Å². The van der Waals surface area contributed by atoms with Gasteiger partial charge in [-0.1, -0.05) is 107 Å². The lowest BCUT2D eigenvalue weighted by Crippen LogP contribution is -2.51. The molecule has 2 nitrogen and oxygen atoms in total. The van der Waals surface area contributed by atoms with Crippen LogP contribution in [0.15, 0.2) is 72.8 Å². The summed E-state index contributed by atoms with van der Waals surface area (Å²) in [6, 6.07) is 20.9. The van der Waals surface area contributed by atoms with Gasteiger partial charge in [-0.2, -0.15) is 0 Å². The van der Waals surface area contributed by atoms with E-state index in [2.05, 4.69) is 101 Å². The Hall–Kier alpha value is -1.68. The quantitative estimate of drug-likeness (QED) is 0.363. The number of rotatable bonds is 7. The van der Waals surface area contributed by atoms with Gasteiger partial charge in [-0.3, -0.25) is 0 Å². The summed E-state index contributed by atoms with van der Waals surface area (Å²) in [5.41, 5.74) is 2.87. The zero-order chi connectivity index (χ0) is 20.9. The first-order chi connectivity index (χ1) is 13.8. The fourth-order valence-corrected chi connectivity index (χ4v) is 6.65. The van der Waals surface area contributed by atoms with Crippen LogP contribution in [0.2, 0.25) is 23.7 Å². The molecule has 3 atom stereocenters. The largest absolute Gasteiger partial charge is 0.371 e. The van der Waals surface area contributed by atoms with Crippen LogP contribution >= 0.6 is 0 Å². The van der Waals surface area contributed by atoms with Crippen molar-refractivity contribution in [1.82, 2.24) is 0 Å². The molecule has 29 heavy (non-hydrogen) atoms. The van der Waals surface area contributed by atoms with Gasteiger partial charge in [0, 0.05) is 5.54 Å². The van der Waals surface area contributed by atoms with Gasteiger partial charge in [0.2, 0.25) is 0 Å². The van der Waals surface area contributed by atoms with Crippen LogP contribution in [0.25, 0.3) is 0 Å². The minimum absolute atomic E-state index is 0.0862. The van der Waals surface area contributed by atoms with Gasteiger partial charge >= 0.3 is 0 Å². The summed E-state index contributed by atoms with van der Waals surface area (Å²) in [4.78, 5) is 0. The summed E-state index contributed by atoms with van der Waals surface area (Å²) in [7, 11) is -1.65. The molecule has 0 fully saturated rings. The monoisotopic (exact) mass is 408 g/mol. The summed E-state index contributed by atoms with van der Waals surface area (Å²) < 4.78 is 13.1. The molecule has 0 unspecified atom stereocenters. The van der Waals surface area contributed by atoms with Crippen molar-refractivity contribution in [2.24, 2.45) is 0 Å². The third kappa shape index (κ3) is 5.47. The first kappa shape index (κ1) is 22.0. The second kappa shape index (κ2) is 9.42. The highest BCUT2D eigenvalue weighted by Crippen LogP contribution is 2.48. The number of benzene rings is 2. The summed E-state index contributed by atoms with van der Waals surface area (Å²) in [5.74, 6) is 0. The lowest BCUT2D eigenvalue weighted by atomic mass is 10.00. The highest BCUT2D eigenvalue weighted by Gasteiger charge is 2.48. The van der Waals surface area contributed by atoms with Crippen LogP contribution in [0.3, 0.4) is 0 Å². The molecule has 2 aromatic rings. The summed E-state index contributed by atoms with van der Waals surface area (Å²) >= 11 is 0. The van der Waals surface area contributed by atoms with Crippen molar-refractivity contribution in [3.8, 4) is 0 Å². The highest BCUT2D eigenvalue weighted by atomic mass is 28.3. The van der Waals surface area contributed by atoms with Crippen molar-refractivity contribution in [2.75, 3.05) is 0 Å². The predicted molar refractivity (Wildman–Crippen MR) is 125 cm³/mol. The van der Waals surface area contributed by atoms with Crippen molar-refractivity contribution in [3.63, 3.8) is 0 Å². The zero-order valence-electron chi connectivity index (χ0n) is 18.6. The van der Waals surface area contributed by atoms with E-state index in [-0.39, 0.29) is 17.2 Å². The Balaban J connectivity index is 1.80. The standard InChI is InChI=1S/C26H36O2Si/c1-26(2,3)29(4,5)24-18-12-17-23(27-19-21-13-8-6-9-14-21)25(24)28-20-22-15-10-7-11-16-22/h6-16,18,23-25H,17,19-20H2,1-5H3/t23-,24-,25-/m0/s1. The van der Waals surface area contributed by atoms with Crippen molar-refractivity contribution < 1.29 is 9.47 Å². The second-order valence-corrected chi connectivity index (χ2v) is 15.4. The molecular formula is C26H36O2Si. The molecule has 0 heterocycles. The average Bonchev–Trinajstić information content (AvgIpc) is 2.71. The Morgan fingerprint density at radius 3 is 1.86 bits per heavy atom. The molecule has 0 N–H and O–H groups in total. The summed E-state index contributed by atoms with van der Waals surface area (Å²) in [5, 5.41) is 0.289. The maximum atomic E-state index is 6.62. The molecule has 1 aliphatic rings. The Kier molecular flexibility index (Phi) is 7.15. The lowest BCUT2D eigenvalue weighted by molar-refractivity contribution is -0.0864. The SMILES string of the molecule is CC(C)(C)[Si](C)(C)[C@H]1C=CC[C@H](OCc2ccccc2)[C@@H]1OCc1ccccc1. The topological polar surface area (TPSA) is 18.5 Å². The first-order valence-electron chi connectivity index (χ1n) is 10.8. The molecule has 0 amide bonds. The van der Waals surface area contributed by atoms with E-state index in [1.54, 1.807) is 0 Å². The van der Waals surface area contributed by atoms with Crippen LogP contribution in [-0.4, -0.2) is 20.3 Å². The van der Waals surface area contributed by atoms with Gasteiger partial charge in [-0.15, -0.1) is 0 Å². The molecule has 2 aromatic carbocycles. The van der Waals surface area contributed by atoms with E-state index in [1.807, 2.05) is 6.07 Å². The van der Waals surface area contributed by atoms with Gasteiger partial charge in [-0.05, 0) is 22.6 Å². The fraction of sp³-hybridized carbons (Fsp3) is 0.462. The molecule has 0 bridgehead atoms. The van der Waals surface area contributed by atoms with Crippen LogP contribution < -0.4 is 0 Å². The van der Waals surface area contributed by atoms with Gasteiger partial charge < -0.3 is 9.47 Å². The third-order valence-electron chi connectivity index (χ3n) is 6.79. The van der Waals surface area contributed by atoms with E-state index in [0.29, 0.717) is 18.8 Å². The average molecular weight is 409 g/mol. The van der Waals surface area contributed by atoms with Crippen LogP contribution in [0.4, 0.5) is 0 Å². The van der Waals surface area contributed by atoms with E-state index >= 15 is 0 Å². The Bertz CT molecular complexity index is 777. The number of hydrogen-bond acceptors (Lipinski definition) is 2. The van der Waals surface area contributed by atoms with E-state index in [1.165, 1.54) is 11.1 Å². The minimum atomic E-state index is -1.65. The van der Waals surface area contributed by atoms with E-state index in [0.717, 1.165) is 6.42 Å². The van der Waals surface area contributed by atoms with Crippen molar-refractivity contribution in [1.29, 1.82) is 0 Å². The normalized spacial score (nSPS) is 22.6. The molecule has 156 valence electrons. The molecule has 1 aliphatic carbocycles. The molecule has 0 saturated heterocycles. The smallest absolute Gasteiger partial charge is 0.0883 e. The number of ether oxygens (including phenoxy) is 2.